The second kappa shape index (κ2) is 4.31. The number of thioether (sulfide) groups is 2. The lowest BCUT2D eigenvalue weighted by Crippen LogP contribution is -2.11. The third kappa shape index (κ3) is 2.00. The maximum atomic E-state index is 4.67. The number of fused-ring (bicyclic) bond motifs is 1. The van der Waals surface area contributed by atoms with E-state index >= 15 is 0 Å². The Morgan fingerprint density at radius 3 is 3.20 bits per heavy atom. The second-order valence-electron chi connectivity index (χ2n) is 3.74. The van der Waals surface area contributed by atoms with Crippen LogP contribution in [-0.4, -0.2) is 27.2 Å². The van der Waals surface area contributed by atoms with Crippen molar-refractivity contribution in [3.8, 4) is 0 Å². The number of nitrogens with zero attached hydrogens (tertiary/aromatic N) is 2. The van der Waals surface area contributed by atoms with Gasteiger partial charge in [0.15, 0.2) is 0 Å². The quantitative estimate of drug-likeness (QED) is 0.806. The van der Waals surface area contributed by atoms with Gasteiger partial charge in [0.2, 0.25) is 0 Å². The zero-order chi connectivity index (χ0) is 10.1. The fourth-order valence-electron chi connectivity index (χ4n) is 1.87. The second-order valence-corrected chi connectivity index (χ2v) is 6.20. The molecular weight excluding hydrogens is 226 g/mol. The summed E-state index contributed by atoms with van der Waals surface area (Å²) in [5.74, 6) is 4.70. The van der Waals surface area contributed by atoms with Gasteiger partial charge in [-0.15, -0.1) is 11.8 Å². The van der Waals surface area contributed by atoms with Gasteiger partial charge in [0.1, 0.15) is 5.82 Å². The van der Waals surface area contributed by atoms with E-state index in [4.69, 9.17) is 0 Å². The third-order valence-corrected chi connectivity index (χ3v) is 5.44. The number of rotatable bonds is 1. The Balaban J connectivity index is 1.85. The predicted octanol–water partition coefficient (Wildman–Crippen LogP) is 1.60. The summed E-state index contributed by atoms with van der Waals surface area (Å²) in [5, 5.41) is 3.81. The first kappa shape index (κ1) is 9.93. The lowest BCUT2D eigenvalue weighted by atomic mass is 10.3. The highest BCUT2D eigenvalue weighted by Gasteiger charge is 2.21. The molecule has 2 aliphatic rings. The molecule has 1 fully saturated rings. The van der Waals surface area contributed by atoms with Gasteiger partial charge < -0.3 is 5.32 Å². The lowest BCUT2D eigenvalue weighted by molar-refractivity contribution is 0.755. The molecule has 0 spiro atoms. The van der Waals surface area contributed by atoms with Crippen molar-refractivity contribution in [1.29, 1.82) is 0 Å². The summed E-state index contributed by atoms with van der Waals surface area (Å²) in [4.78, 5) is 9.16. The van der Waals surface area contributed by atoms with Crippen LogP contribution in [-0.2, 0) is 13.1 Å². The Morgan fingerprint density at radius 1 is 1.33 bits per heavy atom. The van der Waals surface area contributed by atoms with Gasteiger partial charge in [-0.2, -0.15) is 11.8 Å². The first-order chi connectivity index (χ1) is 7.43. The predicted molar refractivity (Wildman–Crippen MR) is 65.1 cm³/mol. The molecule has 3 nitrogen and oxygen atoms in total. The van der Waals surface area contributed by atoms with Crippen LogP contribution in [0.5, 0.6) is 0 Å². The van der Waals surface area contributed by atoms with Crippen molar-refractivity contribution in [1.82, 2.24) is 15.3 Å². The van der Waals surface area contributed by atoms with Crippen molar-refractivity contribution in [2.24, 2.45) is 0 Å². The SMILES string of the molecule is c1nc(C2CSCCS2)nc2c1CNC2. The molecule has 1 unspecified atom stereocenters. The van der Waals surface area contributed by atoms with Gasteiger partial charge in [0, 0.05) is 42.1 Å². The van der Waals surface area contributed by atoms with Gasteiger partial charge in [-0.25, -0.2) is 9.97 Å². The van der Waals surface area contributed by atoms with E-state index < -0.39 is 0 Å². The van der Waals surface area contributed by atoms with Crippen molar-refractivity contribution in [2.75, 3.05) is 17.3 Å². The molecule has 0 radical (unpaired) electrons. The molecule has 1 aromatic heterocycles. The first-order valence-electron chi connectivity index (χ1n) is 5.18. The molecule has 1 saturated heterocycles. The minimum Gasteiger partial charge on any atom is -0.307 e. The van der Waals surface area contributed by atoms with Crippen LogP contribution in [0.1, 0.15) is 22.3 Å². The van der Waals surface area contributed by atoms with E-state index in [1.165, 1.54) is 22.8 Å². The van der Waals surface area contributed by atoms with Crippen molar-refractivity contribution in [2.45, 2.75) is 18.3 Å². The minimum absolute atomic E-state index is 0.509. The van der Waals surface area contributed by atoms with Crippen LogP contribution >= 0.6 is 23.5 Å². The van der Waals surface area contributed by atoms with Gasteiger partial charge in [-0.3, -0.25) is 0 Å². The zero-order valence-electron chi connectivity index (χ0n) is 8.40. The topological polar surface area (TPSA) is 37.8 Å². The molecule has 0 aliphatic carbocycles. The highest BCUT2D eigenvalue weighted by Crippen LogP contribution is 2.35. The highest BCUT2D eigenvalue weighted by molar-refractivity contribution is 8.06. The van der Waals surface area contributed by atoms with Crippen LogP contribution in [0.4, 0.5) is 0 Å². The van der Waals surface area contributed by atoms with Crippen molar-refractivity contribution in [3.05, 3.63) is 23.3 Å². The molecule has 1 atom stereocenters. The Hall–Kier alpha value is -0.260. The van der Waals surface area contributed by atoms with Crippen LogP contribution in [0.2, 0.25) is 0 Å². The van der Waals surface area contributed by atoms with Crippen molar-refractivity contribution >= 4 is 23.5 Å². The molecule has 0 bridgehead atoms. The molecule has 80 valence electrons. The molecule has 1 aromatic rings. The summed E-state index contributed by atoms with van der Waals surface area (Å²) in [6.45, 7) is 1.84. The maximum absolute atomic E-state index is 4.67. The van der Waals surface area contributed by atoms with Gasteiger partial charge in [-0.05, 0) is 0 Å². The minimum atomic E-state index is 0.509. The standard InChI is InChI=1S/C10H13N3S2/c1-2-15-9(6-14-1)10-12-4-7-3-11-5-8(7)13-10/h4,9,11H,1-3,5-6H2. The number of hydrogen-bond acceptors (Lipinski definition) is 5. The summed E-state index contributed by atoms with van der Waals surface area (Å²) in [6.07, 6.45) is 2.00. The Bertz CT molecular complexity index is 364. The Labute approximate surface area is 97.8 Å². The smallest absolute Gasteiger partial charge is 0.142 e. The van der Waals surface area contributed by atoms with Crippen LogP contribution in [0.25, 0.3) is 0 Å². The summed E-state index contributed by atoms with van der Waals surface area (Å²) in [5.41, 5.74) is 2.48. The van der Waals surface area contributed by atoms with Gasteiger partial charge >= 0.3 is 0 Å². The monoisotopic (exact) mass is 239 g/mol. The molecular formula is C10H13N3S2. The van der Waals surface area contributed by atoms with Crippen molar-refractivity contribution < 1.29 is 0 Å². The largest absolute Gasteiger partial charge is 0.307 e. The van der Waals surface area contributed by atoms with Crippen LogP contribution in [0, 0.1) is 0 Å². The van der Waals surface area contributed by atoms with E-state index in [-0.39, 0.29) is 0 Å². The molecule has 15 heavy (non-hydrogen) atoms. The molecule has 0 saturated carbocycles. The van der Waals surface area contributed by atoms with Crippen LogP contribution in [0.15, 0.2) is 6.20 Å². The van der Waals surface area contributed by atoms with E-state index in [0.29, 0.717) is 5.25 Å². The van der Waals surface area contributed by atoms with Gasteiger partial charge in [0.05, 0.1) is 10.9 Å². The Morgan fingerprint density at radius 2 is 2.33 bits per heavy atom. The first-order valence-corrected chi connectivity index (χ1v) is 7.38. The fourth-order valence-corrected chi connectivity index (χ4v) is 4.47. The van der Waals surface area contributed by atoms with E-state index in [2.05, 4.69) is 15.3 Å². The molecule has 0 aromatic carbocycles. The molecule has 3 rings (SSSR count). The number of nitrogens with one attached hydrogen (secondary N) is 1. The van der Waals surface area contributed by atoms with Crippen LogP contribution < -0.4 is 5.32 Å². The average molecular weight is 239 g/mol. The summed E-state index contributed by atoms with van der Waals surface area (Å²) >= 11 is 4.01. The van der Waals surface area contributed by atoms with Gasteiger partial charge in [0.25, 0.3) is 0 Å². The molecule has 5 heteroatoms. The maximum Gasteiger partial charge on any atom is 0.142 e. The van der Waals surface area contributed by atoms with Crippen molar-refractivity contribution in [3.63, 3.8) is 0 Å². The summed E-state index contributed by atoms with van der Waals surface area (Å²) in [7, 11) is 0. The van der Waals surface area contributed by atoms with E-state index in [1.54, 1.807) is 0 Å². The molecule has 1 N–H and O–H groups in total. The third-order valence-electron chi connectivity index (χ3n) is 2.68. The van der Waals surface area contributed by atoms with Crippen LogP contribution in [0.3, 0.4) is 0 Å². The van der Waals surface area contributed by atoms with E-state index in [9.17, 15) is 0 Å². The number of hydrogen-bond donors (Lipinski definition) is 1. The van der Waals surface area contributed by atoms with E-state index in [1.807, 2.05) is 29.7 Å². The van der Waals surface area contributed by atoms with Gasteiger partial charge in [-0.1, -0.05) is 0 Å². The van der Waals surface area contributed by atoms with E-state index in [0.717, 1.165) is 24.7 Å². The number of aromatic nitrogens is 2. The highest BCUT2D eigenvalue weighted by atomic mass is 32.2. The molecule has 2 aliphatic heterocycles. The summed E-state index contributed by atoms with van der Waals surface area (Å²) < 4.78 is 0. The molecule has 3 heterocycles. The normalized spacial score (nSPS) is 25.2. The average Bonchev–Trinajstić information content (AvgIpc) is 2.77. The summed E-state index contributed by atoms with van der Waals surface area (Å²) in [6, 6.07) is 0. The lowest BCUT2D eigenvalue weighted by Gasteiger charge is -2.19. The zero-order valence-corrected chi connectivity index (χ0v) is 10.0. The Kier molecular flexibility index (Phi) is 2.86. The fraction of sp³-hybridized carbons (Fsp3) is 0.600. The molecule has 0 amide bonds.